The predicted octanol–water partition coefficient (Wildman–Crippen LogP) is 3.20. The maximum Gasteiger partial charge on any atom is 0.0931 e. The quantitative estimate of drug-likeness (QED) is 0.913. The minimum atomic E-state index is 0.275. The van der Waals surface area contributed by atoms with Crippen LogP contribution >= 0.6 is 22.9 Å². The number of hydrogen-bond donors (Lipinski definition) is 1. The SMILES string of the molecule is CCc1cc(C(Cc2ccc(Cl)s2)NC)n(C)n1. The van der Waals surface area contributed by atoms with E-state index in [2.05, 4.69) is 29.5 Å². The van der Waals surface area contributed by atoms with Crippen molar-refractivity contribution in [3.63, 3.8) is 0 Å². The average Bonchev–Trinajstić information content (AvgIpc) is 2.92. The topological polar surface area (TPSA) is 29.9 Å². The van der Waals surface area contributed by atoms with E-state index in [1.807, 2.05) is 24.8 Å². The fraction of sp³-hybridized carbons (Fsp3) is 0.462. The maximum atomic E-state index is 5.97. The van der Waals surface area contributed by atoms with Gasteiger partial charge in [-0.2, -0.15) is 5.10 Å². The molecule has 0 bridgehead atoms. The molecule has 0 amide bonds. The molecule has 0 saturated carbocycles. The van der Waals surface area contributed by atoms with Crippen LogP contribution in [0.25, 0.3) is 0 Å². The van der Waals surface area contributed by atoms with Crippen molar-refractivity contribution in [3.8, 4) is 0 Å². The van der Waals surface area contributed by atoms with Gasteiger partial charge in [-0.05, 0) is 31.7 Å². The van der Waals surface area contributed by atoms with Crippen LogP contribution in [0.3, 0.4) is 0 Å². The Kier molecular flexibility index (Phi) is 4.43. The van der Waals surface area contributed by atoms with Crippen LogP contribution in [0.1, 0.15) is 29.2 Å². The Morgan fingerprint density at radius 1 is 1.50 bits per heavy atom. The molecule has 0 aliphatic rings. The van der Waals surface area contributed by atoms with Gasteiger partial charge in [0.1, 0.15) is 0 Å². The molecule has 2 heterocycles. The zero-order chi connectivity index (χ0) is 13.1. The van der Waals surface area contributed by atoms with Crippen molar-refractivity contribution in [1.29, 1.82) is 0 Å². The molecule has 98 valence electrons. The fourth-order valence-electron chi connectivity index (χ4n) is 2.06. The van der Waals surface area contributed by atoms with Gasteiger partial charge in [-0.25, -0.2) is 0 Å². The Hall–Kier alpha value is -0.840. The van der Waals surface area contributed by atoms with E-state index in [4.69, 9.17) is 11.6 Å². The van der Waals surface area contributed by atoms with Crippen LogP contribution in [-0.2, 0) is 19.9 Å². The predicted molar refractivity (Wildman–Crippen MR) is 77.4 cm³/mol. The normalized spacial score (nSPS) is 12.9. The van der Waals surface area contributed by atoms with E-state index in [-0.39, 0.29) is 6.04 Å². The van der Waals surface area contributed by atoms with Gasteiger partial charge in [0.2, 0.25) is 0 Å². The first-order valence-corrected chi connectivity index (χ1v) is 7.27. The van der Waals surface area contributed by atoms with E-state index in [0.29, 0.717) is 0 Å². The summed E-state index contributed by atoms with van der Waals surface area (Å²) in [4.78, 5) is 1.29. The van der Waals surface area contributed by atoms with Crippen LogP contribution in [-0.4, -0.2) is 16.8 Å². The van der Waals surface area contributed by atoms with Gasteiger partial charge in [0, 0.05) is 18.3 Å². The number of thiophene rings is 1. The number of halogens is 1. The Labute approximate surface area is 117 Å². The Morgan fingerprint density at radius 2 is 2.28 bits per heavy atom. The van der Waals surface area contributed by atoms with Crippen molar-refractivity contribution in [2.75, 3.05) is 7.05 Å². The largest absolute Gasteiger partial charge is 0.311 e. The molecule has 0 radical (unpaired) electrons. The van der Waals surface area contributed by atoms with Crippen molar-refractivity contribution >= 4 is 22.9 Å². The lowest BCUT2D eigenvalue weighted by Crippen LogP contribution is -2.21. The molecule has 0 aromatic carbocycles. The molecule has 0 saturated heterocycles. The van der Waals surface area contributed by atoms with Gasteiger partial charge in [-0.3, -0.25) is 4.68 Å². The lowest BCUT2D eigenvalue weighted by atomic mass is 10.1. The van der Waals surface area contributed by atoms with Crippen molar-refractivity contribution in [2.45, 2.75) is 25.8 Å². The minimum Gasteiger partial charge on any atom is -0.311 e. The molecule has 2 aromatic heterocycles. The highest BCUT2D eigenvalue weighted by molar-refractivity contribution is 7.16. The fourth-order valence-corrected chi connectivity index (χ4v) is 3.19. The average molecular weight is 284 g/mol. The monoisotopic (exact) mass is 283 g/mol. The van der Waals surface area contributed by atoms with Crippen LogP contribution < -0.4 is 5.32 Å². The van der Waals surface area contributed by atoms with Gasteiger partial charge in [-0.15, -0.1) is 11.3 Å². The summed E-state index contributed by atoms with van der Waals surface area (Å²) < 4.78 is 2.81. The summed E-state index contributed by atoms with van der Waals surface area (Å²) in [5.74, 6) is 0. The van der Waals surface area contributed by atoms with Gasteiger partial charge in [-0.1, -0.05) is 18.5 Å². The molecular weight excluding hydrogens is 266 g/mol. The van der Waals surface area contributed by atoms with Crippen molar-refractivity contribution < 1.29 is 0 Å². The summed E-state index contributed by atoms with van der Waals surface area (Å²) in [6.45, 7) is 2.12. The molecule has 18 heavy (non-hydrogen) atoms. The number of nitrogens with zero attached hydrogens (tertiary/aromatic N) is 2. The van der Waals surface area contributed by atoms with Gasteiger partial charge in [0.15, 0.2) is 0 Å². The highest BCUT2D eigenvalue weighted by Gasteiger charge is 2.16. The molecule has 0 aliphatic carbocycles. The van der Waals surface area contributed by atoms with Gasteiger partial charge < -0.3 is 5.32 Å². The number of likely N-dealkylation sites (N-methyl/N-ethyl adjacent to an activating group) is 1. The Bertz CT molecular complexity index is 518. The molecule has 2 rings (SSSR count). The van der Waals surface area contributed by atoms with E-state index < -0.39 is 0 Å². The summed E-state index contributed by atoms with van der Waals surface area (Å²) in [6.07, 6.45) is 1.91. The number of hydrogen-bond acceptors (Lipinski definition) is 3. The van der Waals surface area contributed by atoms with Crippen molar-refractivity contribution in [1.82, 2.24) is 15.1 Å². The molecule has 2 aromatic rings. The molecule has 0 aliphatic heterocycles. The van der Waals surface area contributed by atoms with E-state index >= 15 is 0 Å². The smallest absolute Gasteiger partial charge is 0.0931 e. The minimum absolute atomic E-state index is 0.275. The first kappa shape index (κ1) is 13.6. The molecule has 0 spiro atoms. The second-order valence-corrected chi connectivity index (χ2v) is 6.09. The molecule has 3 nitrogen and oxygen atoms in total. The third-order valence-corrected chi connectivity index (χ3v) is 4.32. The molecule has 1 atom stereocenters. The van der Waals surface area contributed by atoms with Crippen molar-refractivity contribution in [2.24, 2.45) is 7.05 Å². The highest BCUT2D eigenvalue weighted by Crippen LogP contribution is 2.26. The van der Waals surface area contributed by atoms with E-state index in [1.165, 1.54) is 10.6 Å². The second-order valence-electron chi connectivity index (χ2n) is 4.29. The molecule has 1 N–H and O–H groups in total. The van der Waals surface area contributed by atoms with E-state index in [1.54, 1.807) is 11.3 Å². The summed E-state index contributed by atoms with van der Waals surface area (Å²) in [5, 5.41) is 7.86. The van der Waals surface area contributed by atoms with Crippen LogP contribution in [0, 0.1) is 0 Å². The number of nitrogens with one attached hydrogen (secondary N) is 1. The summed E-state index contributed by atoms with van der Waals surface area (Å²) >= 11 is 7.61. The van der Waals surface area contributed by atoms with Crippen LogP contribution in [0.4, 0.5) is 0 Å². The van der Waals surface area contributed by atoms with Crippen LogP contribution in [0.2, 0.25) is 4.34 Å². The number of aromatic nitrogens is 2. The Morgan fingerprint density at radius 3 is 2.78 bits per heavy atom. The summed E-state index contributed by atoms with van der Waals surface area (Å²) in [7, 11) is 3.98. The van der Waals surface area contributed by atoms with E-state index in [0.717, 1.165) is 22.9 Å². The number of aryl methyl sites for hydroxylation is 2. The maximum absolute atomic E-state index is 5.97. The lowest BCUT2D eigenvalue weighted by Gasteiger charge is -2.15. The highest BCUT2D eigenvalue weighted by atomic mass is 35.5. The zero-order valence-corrected chi connectivity index (χ0v) is 12.5. The zero-order valence-electron chi connectivity index (χ0n) is 10.9. The molecule has 1 unspecified atom stereocenters. The first-order chi connectivity index (χ1) is 8.63. The van der Waals surface area contributed by atoms with Crippen LogP contribution in [0.5, 0.6) is 0 Å². The lowest BCUT2D eigenvalue weighted by molar-refractivity contribution is 0.540. The standard InChI is InChI=1S/C13H18ClN3S/c1-4-9-7-12(17(3)16-9)11(15-2)8-10-5-6-13(14)18-10/h5-7,11,15H,4,8H2,1-3H3. The molecule has 0 fully saturated rings. The van der Waals surface area contributed by atoms with Gasteiger partial charge in [0.25, 0.3) is 0 Å². The van der Waals surface area contributed by atoms with Gasteiger partial charge >= 0.3 is 0 Å². The van der Waals surface area contributed by atoms with Crippen LogP contribution in [0.15, 0.2) is 18.2 Å². The van der Waals surface area contributed by atoms with Crippen molar-refractivity contribution in [3.05, 3.63) is 38.8 Å². The second kappa shape index (κ2) is 5.87. The third kappa shape index (κ3) is 2.94. The van der Waals surface area contributed by atoms with Gasteiger partial charge in [0.05, 0.1) is 21.8 Å². The Balaban J connectivity index is 2.19. The summed E-state index contributed by atoms with van der Waals surface area (Å²) in [5.41, 5.74) is 2.36. The summed E-state index contributed by atoms with van der Waals surface area (Å²) in [6, 6.07) is 6.50. The first-order valence-electron chi connectivity index (χ1n) is 6.08. The molecule has 5 heteroatoms. The van der Waals surface area contributed by atoms with E-state index in [9.17, 15) is 0 Å². The molecular formula is C13H18ClN3S. The third-order valence-electron chi connectivity index (χ3n) is 3.07. The number of rotatable bonds is 5.